The molecule has 0 aliphatic heterocycles. The van der Waals surface area contributed by atoms with Crippen LogP contribution < -0.4 is 9.47 Å². The Morgan fingerprint density at radius 1 is 0.900 bits per heavy atom. The third-order valence-electron chi connectivity index (χ3n) is 1.84. The number of hydrogen-bond donors (Lipinski definition) is 0. The SMILES string of the molecule is FC(F)(F)Oc1ccccc1Oc1nc(Cl)nc(Cl)n1. The number of halogens is 5. The molecule has 0 amide bonds. The van der Waals surface area contributed by atoms with Crippen molar-refractivity contribution in [2.45, 2.75) is 6.36 Å². The van der Waals surface area contributed by atoms with Gasteiger partial charge in [-0.2, -0.15) is 15.0 Å². The first-order valence-corrected chi connectivity index (χ1v) is 5.69. The number of para-hydroxylation sites is 2. The number of nitrogens with zero attached hydrogens (tertiary/aromatic N) is 3. The van der Waals surface area contributed by atoms with Gasteiger partial charge in [0.25, 0.3) is 0 Å². The zero-order chi connectivity index (χ0) is 14.8. The second-order valence-corrected chi connectivity index (χ2v) is 3.93. The summed E-state index contributed by atoms with van der Waals surface area (Å²) in [6.45, 7) is 0. The first-order chi connectivity index (χ1) is 9.33. The van der Waals surface area contributed by atoms with Gasteiger partial charge in [0.05, 0.1) is 0 Å². The Hall–Kier alpha value is -1.80. The van der Waals surface area contributed by atoms with Crippen LogP contribution in [-0.4, -0.2) is 21.3 Å². The van der Waals surface area contributed by atoms with Crippen LogP contribution >= 0.6 is 23.2 Å². The van der Waals surface area contributed by atoms with Crippen molar-refractivity contribution in [3.8, 4) is 17.5 Å². The van der Waals surface area contributed by atoms with Crippen LogP contribution in [0.5, 0.6) is 17.5 Å². The van der Waals surface area contributed by atoms with Crippen molar-refractivity contribution in [1.29, 1.82) is 0 Å². The zero-order valence-corrected chi connectivity index (χ0v) is 10.9. The van der Waals surface area contributed by atoms with Crippen molar-refractivity contribution in [2.75, 3.05) is 0 Å². The zero-order valence-electron chi connectivity index (χ0n) is 9.36. The van der Waals surface area contributed by atoms with Gasteiger partial charge in [-0.25, -0.2) is 0 Å². The fraction of sp³-hybridized carbons (Fsp3) is 0.100. The molecule has 0 aliphatic rings. The largest absolute Gasteiger partial charge is 0.573 e. The monoisotopic (exact) mass is 325 g/mol. The van der Waals surface area contributed by atoms with Gasteiger partial charge in [-0.1, -0.05) is 12.1 Å². The van der Waals surface area contributed by atoms with E-state index in [9.17, 15) is 13.2 Å². The molecule has 5 nitrogen and oxygen atoms in total. The summed E-state index contributed by atoms with van der Waals surface area (Å²) in [5.41, 5.74) is 0. The van der Waals surface area contributed by atoms with Crippen molar-refractivity contribution in [1.82, 2.24) is 15.0 Å². The van der Waals surface area contributed by atoms with Gasteiger partial charge in [0.1, 0.15) is 0 Å². The van der Waals surface area contributed by atoms with Crippen LogP contribution in [0.25, 0.3) is 0 Å². The van der Waals surface area contributed by atoms with Gasteiger partial charge in [-0.05, 0) is 35.3 Å². The average Bonchev–Trinajstić information content (AvgIpc) is 2.28. The maximum atomic E-state index is 12.2. The first-order valence-electron chi connectivity index (χ1n) is 4.93. The van der Waals surface area contributed by atoms with Gasteiger partial charge in [0.15, 0.2) is 11.5 Å². The van der Waals surface area contributed by atoms with E-state index >= 15 is 0 Å². The minimum atomic E-state index is -4.85. The predicted molar refractivity (Wildman–Crippen MR) is 63.0 cm³/mol. The molecule has 0 unspecified atom stereocenters. The number of hydrogen-bond acceptors (Lipinski definition) is 5. The van der Waals surface area contributed by atoms with E-state index in [1.54, 1.807) is 0 Å². The van der Waals surface area contributed by atoms with Crippen LogP contribution in [0.15, 0.2) is 24.3 Å². The standard InChI is InChI=1S/C10H4Cl2F3N3O2/c11-7-16-8(12)18-9(17-7)19-5-3-1-2-4-6(5)20-10(13,14)15/h1-4H. The lowest BCUT2D eigenvalue weighted by atomic mass is 10.3. The molecule has 10 heteroatoms. The van der Waals surface area contributed by atoms with Gasteiger partial charge in [-0.15, -0.1) is 13.2 Å². The van der Waals surface area contributed by atoms with Gasteiger partial charge in [0, 0.05) is 0 Å². The van der Waals surface area contributed by atoms with Gasteiger partial charge in [0.2, 0.25) is 10.6 Å². The highest BCUT2D eigenvalue weighted by Crippen LogP contribution is 2.34. The summed E-state index contributed by atoms with van der Waals surface area (Å²) in [5.74, 6) is -0.796. The smallest absolute Gasteiger partial charge is 0.420 e. The summed E-state index contributed by atoms with van der Waals surface area (Å²) in [7, 11) is 0. The minimum absolute atomic E-state index is 0.247. The van der Waals surface area contributed by atoms with E-state index in [0.717, 1.165) is 6.07 Å². The van der Waals surface area contributed by atoms with Crippen LogP contribution in [0.1, 0.15) is 0 Å². The van der Waals surface area contributed by atoms with Crippen LogP contribution in [0, 0.1) is 0 Å². The molecule has 2 rings (SSSR count). The third kappa shape index (κ3) is 4.10. The van der Waals surface area contributed by atoms with E-state index in [1.807, 2.05) is 0 Å². The summed E-state index contributed by atoms with van der Waals surface area (Å²) in [5, 5.41) is -0.511. The molecule has 0 aliphatic carbocycles. The molecule has 1 aromatic heterocycles. The molecular weight excluding hydrogens is 322 g/mol. The molecule has 1 heterocycles. The number of ether oxygens (including phenoxy) is 2. The summed E-state index contributed by atoms with van der Waals surface area (Å²) in [6.07, 6.45) is -4.85. The highest BCUT2D eigenvalue weighted by molar-refractivity contribution is 6.31. The maximum absolute atomic E-state index is 12.2. The Kier molecular flexibility index (Phi) is 4.15. The van der Waals surface area contributed by atoms with Crippen molar-refractivity contribution < 1.29 is 22.6 Å². The average molecular weight is 326 g/mol. The topological polar surface area (TPSA) is 57.1 Å². The molecule has 0 N–H and O–H groups in total. The second kappa shape index (κ2) is 5.68. The molecule has 0 saturated heterocycles. The molecule has 0 fully saturated rings. The third-order valence-corrected chi connectivity index (χ3v) is 2.17. The maximum Gasteiger partial charge on any atom is 0.573 e. The summed E-state index contributed by atoms with van der Waals surface area (Å²) in [6, 6.07) is 4.76. The lowest BCUT2D eigenvalue weighted by Gasteiger charge is -2.12. The summed E-state index contributed by atoms with van der Waals surface area (Å²) in [4.78, 5) is 10.6. The van der Waals surface area contributed by atoms with Crippen LogP contribution in [-0.2, 0) is 0 Å². The van der Waals surface area contributed by atoms with E-state index in [1.165, 1.54) is 18.2 Å². The van der Waals surface area contributed by atoms with Crippen molar-refractivity contribution in [3.63, 3.8) is 0 Å². The van der Waals surface area contributed by atoms with Crippen molar-refractivity contribution in [3.05, 3.63) is 34.8 Å². The normalized spacial score (nSPS) is 11.2. The van der Waals surface area contributed by atoms with Crippen LogP contribution in [0.3, 0.4) is 0 Å². The summed E-state index contributed by atoms with van der Waals surface area (Å²) < 4.78 is 45.5. The Morgan fingerprint density at radius 2 is 1.45 bits per heavy atom. The number of alkyl halides is 3. The van der Waals surface area contributed by atoms with Crippen molar-refractivity contribution >= 4 is 23.2 Å². The highest BCUT2D eigenvalue weighted by Gasteiger charge is 2.32. The van der Waals surface area contributed by atoms with E-state index in [-0.39, 0.29) is 22.3 Å². The van der Waals surface area contributed by atoms with Gasteiger partial charge in [-0.3, -0.25) is 0 Å². The lowest BCUT2D eigenvalue weighted by molar-refractivity contribution is -0.275. The molecule has 2 aromatic rings. The number of aromatic nitrogens is 3. The van der Waals surface area contributed by atoms with Gasteiger partial charge < -0.3 is 9.47 Å². The van der Waals surface area contributed by atoms with E-state index < -0.39 is 12.1 Å². The van der Waals surface area contributed by atoms with Crippen molar-refractivity contribution in [2.24, 2.45) is 0 Å². The Morgan fingerprint density at radius 3 is 2.00 bits per heavy atom. The molecule has 0 spiro atoms. The Labute approximate surface area is 120 Å². The summed E-state index contributed by atoms with van der Waals surface area (Å²) >= 11 is 11.0. The Balaban J connectivity index is 2.29. The molecule has 106 valence electrons. The molecular formula is C10H4Cl2F3N3O2. The number of benzene rings is 1. The van der Waals surface area contributed by atoms with E-state index in [2.05, 4.69) is 19.7 Å². The molecule has 0 atom stereocenters. The molecule has 0 radical (unpaired) electrons. The molecule has 0 saturated carbocycles. The fourth-order valence-corrected chi connectivity index (χ4v) is 1.54. The minimum Gasteiger partial charge on any atom is -0.420 e. The molecule has 0 bridgehead atoms. The highest BCUT2D eigenvalue weighted by atomic mass is 35.5. The number of rotatable bonds is 3. The lowest BCUT2D eigenvalue weighted by Crippen LogP contribution is -2.17. The van der Waals surface area contributed by atoms with E-state index in [4.69, 9.17) is 27.9 Å². The quantitative estimate of drug-likeness (QED) is 0.857. The van der Waals surface area contributed by atoms with Crippen LogP contribution in [0.2, 0.25) is 10.6 Å². The van der Waals surface area contributed by atoms with E-state index in [0.29, 0.717) is 0 Å². The van der Waals surface area contributed by atoms with Crippen LogP contribution in [0.4, 0.5) is 13.2 Å². The fourth-order valence-electron chi connectivity index (χ4n) is 1.20. The Bertz CT molecular complexity index is 605. The van der Waals surface area contributed by atoms with Gasteiger partial charge >= 0.3 is 12.4 Å². The molecule has 20 heavy (non-hydrogen) atoms. The predicted octanol–water partition coefficient (Wildman–Crippen LogP) is 3.87. The first kappa shape index (κ1) is 14.6. The second-order valence-electron chi connectivity index (χ2n) is 3.25. The molecule has 1 aromatic carbocycles.